The van der Waals surface area contributed by atoms with Crippen LogP contribution in [0.2, 0.25) is 0 Å². The molecular formula is C14H14BNO. The van der Waals surface area contributed by atoms with Gasteiger partial charge in [0.15, 0.2) is 0 Å². The summed E-state index contributed by atoms with van der Waals surface area (Å²) in [5, 5.41) is 9.04. The Labute approximate surface area is 103 Å². The molecule has 17 heavy (non-hydrogen) atoms. The Kier molecular flexibility index (Phi) is 5.21. The summed E-state index contributed by atoms with van der Waals surface area (Å²) >= 11 is 0. The predicted octanol–water partition coefficient (Wildman–Crippen LogP) is 2.34. The summed E-state index contributed by atoms with van der Waals surface area (Å²) in [6.07, 6.45) is 3.11. The molecule has 1 N–H and O–H groups in total. The van der Waals surface area contributed by atoms with E-state index in [2.05, 4.69) is 17.3 Å². The van der Waals surface area contributed by atoms with Crippen molar-refractivity contribution < 1.29 is 5.11 Å². The number of benzene rings is 1. The number of aliphatic imine (C=N–C) groups is 1. The van der Waals surface area contributed by atoms with Gasteiger partial charge in [0.05, 0.1) is 6.61 Å². The van der Waals surface area contributed by atoms with E-state index in [1.165, 1.54) is 0 Å². The Hall–Kier alpha value is -1.83. The maximum absolute atomic E-state index is 9.04. The van der Waals surface area contributed by atoms with E-state index in [1.807, 2.05) is 31.2 Å². The molecule has 0 saturated heterocycles. The molecule has 0 bridgehead atoms. The maximum Gasteiger partial charge on any atom is 0.116 e. The van der Waals surface area contributed by atoms with Crippen LogP contribution in [0.25, 0.3) is 0 Å². The van der Waals surface area contributed by atoms with Crippen LogP contribution in [0.15, 0.2) is 59.3 Å². The maximum atomic E-state index is 9.04. The van der Waals surface area contributed by atoms with Crippen LogP contribution >= 0.6 is 0 Å². The zero-order chi connectivity index (χ0) is 12.7. The Morgan fingerprint density at radius 1 is 1.59 bits per heavy atom. The van der Waals surface area contributed by atoms with Crippen molar-refractivity contribution >= 4 is 13.6 Å². The number of nitrogens with zero attached hydrogens (tertiary/aromatic N) is 1. The molecule has 0 atom stereocenters. The minimum atomic E-state index is 0.0261. The molecule has 0 aliphatic heterocycles. The Morgan fingerprint density at radius 3 is 3.00 bits per heavy atom. The Morgan fingerprint density at radius 2 is 2.35 bits per heavy atom. The summed E-state index contributed by atoms with van der Waals surface area (Å²) in [4.78, 5) is 4.24. The van der Waals surface area contributed by atoms with Crippen LogP contribution in [0, 0.1) is 0 Å². The van der Waals surface area contributed by atoms with Crippen molar-refractivity contribution in [1.82, 2.24) is 0 Å². The van der Waals surface area contributed by atoms with E-state index >= 15 is 0 Å². The lowest BCUT2D eigenvalue weighted by Crippen LogP contribution is -1.95. The molecule has 2 radical (unpaired) electrons. The van der Waals surface area contributed by atoms with Gasteiger partial charge in [0, 0.05) is 11.9 Å². The van der Waals surface area contributed by atoms with Gasteiger partial charge < -0.3 is 5.11 Å². The largest absolute Gasteiger partial charge is 0.392 e. The molecule has 1 aromatic rings. The molecule has 0 aliphatic carbocycles. The summed E-state index contributed by atoms with van der Waals surface area (Å²) in [6, 6.07) is 7.58. The molecule has 0 amide bonds. The molecule has 0 fully saturated rings. The van der Waals surface area contributed by atoms with Crippen LogP contribution in [0.3, 0.4) is 0 Å². The van der Waals surface area contributed by atoms with Gasteiger partial charge in [0.2, 0.25) is 0 Å². The predicted molar refractivity (Wildman–Crippen MR) is 72.1 cm³/mol. The van der Waals surface area contributed by atoms with Crippen molar-refractivity contribution in [3.63, 3.8) is 0 Å². The van der Waals surface area contributed by atoms with Gasteiger partial charge in [-0.05, 0) is 30.2 Å². The van der Waals surface area contributed by atoms with E-state index < -0.39 is 0 Å². The van der Waals surface area contributed by atoms with Gasteiger partial charge in [-0.1, -0.05) is 30.3 Å². The van der Waals surface area contributed by atoms with Crippen molar-refractivity contribution in [2.45, 2.75) is 13.5 Å². The second kappa shape index (κ2) is 6.69. The summed E-state index contributed by atoms with van der Waals surface area (Å²) in [5.74, 6) is 0. The van der Waals surface area contributed by atoms with Crippen molar-refractivity contribution in [2.75, 3.05) is 0 Å². The van der Waals surface area contributed by atoms with E-state index in [9.17, 15) is 0 Å². The second-order valence-electron chi connectivity index (χ2n) is 3.55. The van der Waals surface area contributed by atoms with Gasteiger partial charge in [0.1, 0.15) is 7.85 Å². The minimum Gasteiger partial charge on any atom is -0.392 e. The first-order chi connectivity index (χ1) is 8.17. The molecule has 1 aromatic carbocycles. The van der Waals surface area contributed by atoms with Crippen LogP contribution in [0.1, 0.15) is 18.1 Å². The lowest BCUT2D eigenvalue weighted by atomic mass is 9.97. The number of hydrogen-bond donors (Lipinski definition) is 1. The average molecular weight is 223 g/mol. The van der Waals surface area contributed by atoms with Crippen LogP contribution in [-0.4, -0.2) is 18.7 Å². The molecule has 0 aliphatic rings. The third kappa shape index (κ3) is 4.27. The first kappa shape index (κ1) is 13.2. The summed E-state index contributed by atoms with van der Waals surface area (Å²) in [6.45, 7) is 5.34. The van der Waals surface area contributed by atoms with Crippen LogP contribution in [0.5, 0.6) is 0 Å². The van der Waals surface area contributed by atoms with Crippen molar-refractivity contribution in [3.05, 3.63) is 65.5 Å². The zero-order valence-electron chi connectivity index (χ0n) is 9.85. The molecule has 0 aromatic heterocycles. The van der Waals surface area contributed by atoms with Crippen molar-refractivity contribution in [1.29, 1.82) is 0 Å². The number of aliphatic hydroxyl groups is 1. The van der Waals surface area contributed by atoms with Crippen molar-refractivity contribution in [2.24, 2.45) is 4.99 Å². The van der Waals surface area contributed by atoms with Crippen molar-refractivity contribution in [3.8, 4) is 0 Å². The van der Waals surface area contributed by atoms with Gasteiger partial charge in [-0.25, -0.2) is 0 Å². The minimum absolute atomic E-state index is 0.0261. The average Bonchev–Trinajstić information content (AvgIpc) is 2.36. The second-order valence-corrected chi connectivity index (χ2v) is 3.55. The first-order valence-electron chi connectivity index (χ1n) is 5.23. The third-order valence-electron chi connectivity index (χ3n) is 2.20. The highest BCUT2D eigenvalue weighted by atomic mass is 16.3. The topological polar surface area (TPSA) is 32.6 Å². The van der Waals surface area contributed by atoms with Crippen LogP contribution in [-0.2, 0) is 6.61 Å². The van der Waals surface area contributed by atoms with E-state index in [-0.39, 0.29) is 6.61 Å². The molecule has 0 unspecified atom stereocenters. The first-order valence-corrected chi connectivity index (χ1v) is 5.23. The van der Waals surface area contributed by atoms with Crippen LogP contribution in [0.4, 0.5) is 0 Å². The number of hydrogen-bond acceptors (Lipinski definition) is 2. The molecule has 1 rings (SSSR count). The zero-order valence-corrected chi connectivity index (χ0v) is 9.85. The monoisotopic (exact) mass is 223 g/mol. The highest BCUT2D eigenvalue weighted by molar-refractivity contribution is 6.23. The fourth-order valence-electron chi connectivity index (χ4n) is 1.30. The number of allylic oxidation sites excluding steroid dienone is 2. The fraction of sp³-hybridized carbons (Fsp3) is 0.143. The quantitative estimate of drug-likeness (QED) is 0.361. The van der Waals surface area contributed by atoms with E-state index in [0.29, 0.717) is 5.47 Å². The van der Waals surface area contributed by atoms with Crippen LogP contribution < -0.4 is 0 Å². The number of aliphatic hydroxyl groups excluding tert-OH is 1. The highest BCUT2D eigenvalue weighted by Crippen LogP contribution is 2.07. The lowest BCUT2D eigenvalue weighted by Gasteiger charge is -2.02. The smallest absolute Gasteiger partial charge is 0.116 e. The molecule has 0 spiro atoms. The summed E-state index contributed by atoms with van der Waals surface area (Å²) in [5.41, 5.74) is 5.73. The van der Waals surface area contributed by atoms with E-state index in [0.717, 1.165) is 16.8 Å². The molecule has 0 heterocycles. The molecule has 84 valence electrons. The van der Waals surface area contributed by atoms with Gasteiger partial charge in [0.25, 0.3) is 0 Å². The summed E-state index contributed by atoms with van der Waals surface area (Å²) < 4.78 is 0. The number of rotatable bonds is 4. The van der Waals surface area contributed by atoms with Gasteiger partial charge in [-0.15, -0.1) is 5.73 Å². The SMILES string of the molecule is [B]/C(C=C=C)=C/N=C(C)c1cccc(CO)c1. The summed E-state index contributed by atoms with van der Waals surface area (Å²) in [7, 11) is 5.62. The lowest BCUT2D eigenvalue weighted by molar-refractivity contribution is 0.282. The molecule has 0 saturated carbocycles. The highest BCUT2D eigenvalue weighted by Gasteiger charge is 1.97. The fourth-order valence-corrected chi connectivity index (χ4v) is 1.30. The molecule has 2 nitrogen and oxygen atoms in total. The molecular weight excluding hydrogens is 209 g/mol. The third-order valence-corrected chi connectivity index (χ3v) is 2.20. The van der Waals surface area contributed by atoms with Gasteiger partial charge in [-0.2, -0.15) is 0 Å². The normalized spacial score (nSPS) is 12.1. The standard InChI is InChI=1S/C14H14BNO/c1-3-5-14(15)9-16-11(2)13-7-4-6-12(8-13)10-17/h4-9,17H,1,10H2,2H3/b14-9+,16-11?. The van der Waals surface area contributed by atoms with Gasteiger partial charge in [-0.3, -0.25) is 4.99 Å². The van der Waals surface area contributed by atoms with E-state index in [1.54, 1.807) is 12.3 Å². The van der Waals surface area contributed by atoms with E-state index in [4.69, 9.17) is 13.0 Å². The molecule has 3 heteroatoms. The Bertz CT molecular complexity index is 497. The Balaban J connectivity index is 2.95. The van der Waals surface area contributed by atoms with Gasteiger partial charge >= 0.3 is 0 Å².